The number of rotatable bonds is 6. The number of aromatic nitrogens is 1. The Labute approximate surface area is 106 Å². The average molecular weight is 245 g/mol. The first-order chi connectivity index (χ1) is 8.65. The Morgan fingerprint density at radius 1 is 1.50 bits per heavy atom. The van der Waals surface area contributed by atoms with Gasteiger partial charge in [-0.15, -0.1) is 12.3 Å². The first kappa shape index (κ1) is 13.7. The molecule has 0 fully saturated rings. The Balaban J connectivity index is 2.59. The van der Waals surface area contributed by atoms with Gasteiger partial charge in [0.15, 0.2) is 0 Å². The molecule has 5 nitrogen and oxygen atoms in total. The summed E-state index contributed by atoms with van der Waals surface area (Å²) in [6.45, 7) is 0. The zero-order chi connectivity index (χ0) is 13.4. The van der Waals surface area contributed by atoms with Crippen LogP contribution in [0.5, 0.6) is 0 Å². The van der Waals surface area contributed by atoms with Gasteiger partial charge in [0.2, 0.25) is 5.91 Å². The number of hydrogen-bond donors (Lipinski definition) is 2. The smallest absolute Gasteiger partial charge is 0.270 e. The second kappa shape index (κ2) is 7.07. The first-order valence-electron chi connectivity index (χ1n) is 5.60. The molecule has 0 aliphatic carbocycles. The lowest BCUT2D eigenvalue weighted by Gasteiger charge is -2.14. The number of amides is 2. The van der Waals surface area contributed by atoms with Crippen LogP contribution in [0.2, 0.25) is 0 Å². The summed E-state index contributed by atoms with van der Waals surface area (Å²) >= 11 is 0. The summed E-state index contributed by atoms with van der Waals surface area (Å²) in [5.41, 5.74) is 5.47. The second-order valence-corrected chi connectivity index (χ2v) is 3.74. The van der Waals surface area contributed by atoms with Crippen LogP contribution >= 0.6 is 0 Å². The largest absolute Gasteiger partial charge is 0.368 e. The van der Waals surface area contributed by atoms with E-state index >= 15 is 0 Å². The zero-order valence-corrected chi connectivity index (χ0v) is 9.93. The third kappa shape index (κ3) is 4.26. The number of nitrogens with one attached hydrogen (secondary N) is 1. The monoisotopic (exact) mass is 245 g/mol. The lowest BCUT2D eigenvalue weighted by atomic mass is 10.1. The van der Waals surface area contributed by atoms with E-state index in [2.05, 4.69) is 16.2 Å². The zero-order valence-electron chi connectivity index (χ0n) is 9.93. The molecule has 1 aromatic rings. The SMILES string of the molecule is C#CCCC[C@@H](NC(=O)c1ccccn1)C(N)=O. The van der Waals surface area contributed by atoms with Crippen molar-refractivity contribution in [2.75, 3.05) is 0 Å². The fraction of sp³-hybridized carbons (Fsp3) is 0.308. The second-order valence-electron chi connectivity index (χ2n) is 3.74. The molecule has 2 amide bonds. The van der Waals surface area contributed by atoms with Crippen molar-refractivity contribution in [3.05, 3.63) is 30.1 Å². The minimum atomic E-state index is -0.715. The fourth-order valence-corrected chi connectivity index (χ4v) is 1.42. The van der Waals surface area contributed by atoms with E-state index in [1.165, 1.54) is 6.20 Å². The molecule has 0 radical (unpaired) electrons. The van der Waals surface area contributed by atoms with Crippen molar-refractivity contribution < 1.29 is 9.59 Å². The van der Waals surface area contributed by atoms with E-state index in [0.29, 0.717) is 19.3 Å². The summed E-state index contributed by atoms with van der Waals surface area (Å²) in [5, 5.41) is 2.55. The lowest BCUT2D eigenvalue weighted by molar-refractivity contribution is -0.120. The Kier molecular flexibility index (Phi) is 5.39. The number of pyridine rings is 1. The number of unbranched alkanes of at least 4 members (excludes halogenated alkanes) is 1. The lowest BCUT2D eigenvalue weighted by Crippen LogP contribution is -2.44. The van der Waals surface area contributed by atoms with E-state index in [1.807, 2.05) is 0 Å². The molecule has 0 saturated heterocycles. The van der Waals surface area contributed by atoms with Crippen molar-refractivity contribution in [2.24, 2.45) is 5.73 Å². The number of primary amides is 1. The van der Waals surface area contributed by atoms with Gasteiger partial charge in [-0.1, -0.05) is 6.07 Å². The Hall–Kier alpha value is -2.35. The summed E-state index contributed by atoms with van der Waals surface area (Å²) < 4.78 is 0. The average Bonchev–Trinajstić information content (AvgIpc) is 2.38. The summed E-state index contributed by atoms with van der Waals surface area (Å²) in [6, 6.07) is 4.25. The highest BCUT2D eigenvalue weighted by molar-refractivity contribution is 5.95. The van der Waals surface area contributed by atoms with Crippen LogP contribution in [0, 0.1) is 12.3 Å². The molecule has 0 spiro atoms. The van der Waals surface area contributed by atoms with Gasteiger partial charge in [-0.25, -0.2) is 0 Å². The quantitative estimate of drug-likeness (QED) is 0.564. The van der Waals surface area contributed by atoms with Gasteiger partial charge in [0.1, 0.15) is 11.7 Å². The molecule has 1 aromatic heterocycles. The minimum absolute atomic E-state index is 0.251. The maximum absolute atomic E-state index is 11.8. The van der Waals surface area contributed by atoms with Crippen molar-refractivity contribution in [3.63, 3.8) is 0 Å². The third-order valence-electron chi connectivity index (χ3n) is 2.36. The number of nitrogens with zero attached hydrogens (tertiary/aromatic N) is 1. The molecular formula is C13H15N3O2. The maximum Gasteiger partial charge on any atom is 0.270 e. The number of hydrogen-bond acceptors (Lipinski definition) is 3. The van der Waals surface area contributed by atoms with Crippen LogP contribution in [-0.2, 0) is 4.79 Å². The van der Waals surface area contributed by atoms with Crippen molar-refractivity contribution in [1.82, 2.24) is 10.3 Å². The molecule has 0 bridgehead atoms. The van der Waals surface area contributed by atoms with E-state index in [-0.39, 0.29) is 5.69 Å². The number of carbonyl (C=O) groups excluding carboxylic acids is 2. The van der Waals surface area contributed by atoms with Crippen LogP contribution in [0.4, 0.5) is 0 Å². The highest BCUT2D eigenvalue weighted by Gasteiger charge is 2.18. The van der Waals surface area contributed by atoms with E-state index in [9.17, 15) is 9.59 Å². The van der Waals surface area contributed by atoms with Crippen LogP contribution in [0.15, 0.2) is 24.4 Å². The van der Waals surface area contributed by atoms with Crippen LogP contribution in [-0.4, -0.2) is 22.8 Å². The molecule has 3 N–H and O–H groups in total. The van der Waals surface area contributed by atoms with Gasteiger partial charge in [0, 0.05) is 12.6 Å². The molecule has 1 heterocycles. The van der Waals surface area contributed by atoms with Gasteiger partial charge in [-0.2, -0.15) is 0 Å². The molecule has 0 saturated carbocycles. The summed E-state index contributed by atoms with van der Waals surface area (Å²) in [4.78, 5) is 26.9. The van der Waals surface area contributed by atoms with Gasteiger partial charge in [-0.05, 0) is 25.0 Å². The first-order valence-corrected chi connectivity index (χ1v) is 5.60. The van der Waals surface area contributed by atoms with Crippen LogP contribution < -0.4 is 11.1 Å². The van der Waals surface area contributed by atoms with Crippen LogP contribution in [0.25, 0.3) is 0 Å². The molecular weight excluding hydrogens is 230 g/mol. The summed E-state index contributed by atoms with van der Waals surface area (Å²) in [5.74, 6) is 1.48. The highest BCUT2D eigenvalue weighted by Crippen LogP contribution is 2.02. The predicted octanol–water partition coefficient (Wildman–Crippen LogP) is 0.469. The maximum atomic E-state index is 11.8. The van der Waals surface area contributed by atoms with E-state index in [0.717, 1.165) is 0 Å². The standard InChI is InChI=1S/C13H15N3O2/c1-2-3-4-7-10(12(14)17)16-13(18)11-8-5-6-9-15-11/h1,5-6,8-10H,3-4,7H2,(H2,14,17)(H,16,18)/t10-/m1/s1. The molecule has 5 heteroatoms. The van der Waals surface area contributed by atoms with Gasteiger partial charge >= 0.3 is 0 Å². The summed E-state index contributed by atoms with van der Waals surface area (Å²) in [7, 11) is 0. The number of terminal acetylenes is 1. The summed E-state index contributed by atoms with van der Waals surface area (Å²) in [6.07, 6.45) is 8.23. The molecule has 0 aliphatic rings. The van der Waals surface area contributed by atoms with Gasteiger partial charge in [0.05, 0.1) is 0 Å². The fourth-order valence-electron chi connectivity index (χ4n) is 1.42. The van der Waals surface area contributed by atoms with E-state index in [1.54, 1.807) is 18.2 Å². The molecule has 94 valence electrons. The van der Waals surface area contributed by atoms with Crippen LogP contribution in [0.1, 0.15) is 29.8 Å². The normalized spacial score (nSPS) is 11.3. The number of nitrogens with two attached hydrogens (primary N) is 1. The van der Waals surface area contributed by atoms with Crippen molar-refractivity contribution in [3.8, 4) is 12.3 Å². The Morgan fingerprint density at radius 2 is 2.28 bits per heavy atom. The van der Waals surface area contributed by atoms with E-state index < -0.39 is 17.9 Å². The van der Waals surface area contributed by atoms with Gasteiger partial charge < -0.3 is 11.1 Å². The van der Waals surface area contributed by atoms with Crippen molar-refractivity contribution in [1.29, 1.82) is 0 Å². The molecule has 1 rings (SSSR count). The van der Waals surface area contributed by atoms with Gasteiger partial charge in [-0.3, -0.25) is 14.6 Å². The molecule has 18 heavy (non-hydrogen) atoms. The van der Waals surface area contributed by atoms with Crippen LogP contribution in [0.3, 0.4) is 0 Å². The topological polar surface area (TPSA) is 85.1 Å². The Bertz CT molecular complexity index is 451. The van der Waals surface area contributed by atoms with Gasteiger partial charge in [0.25, 0.3) is 5.91 Å². The molecule has 0 aliphatic heterocycles. The van der Waals surface area contributed by atoms with Crippen molar-refractivity contribution in [2.45, 2.75) is 25.3 Å². The molecule has 0 unspecified atom stereocenters. The Morgan fingerprint density at radius 3 is 2.83 bits per heavy atom. The third-order valence-corrected chi connectivity index (χ3v) is 2.36. The highest BCUT2D eigenvalue weighted by atomic mass is 16.2. The molecule has 0 aromatic carbocycles. The predicted molar refractivity (Wildman–Crippen MR) is 67.4 cm³/mol. The number of carbonyl (C=O) groups is 2. The van der Waals surface area contributed by atoms with E-state index in [4.69, 9.17) is 12.2 Å². The van der Waals surface area contributed by atoms with Crippen molar-refractivity contribution >= 4 is 11.8 Å². The minimum Gasteiger partial charge on any atom is -0.368 e. The molecule has 1 atom stereocenters.